The van der Waals surface area contributed by atoms with Crippen LogP contribution in [0.5, 0.6) is 0 Å². The summed E-state index contributed by atoms with van der Waals surface area (Å²) in [4.78, 5) is 20.1. The summed E-state index contributed by atoms with van der Waals surface area (Å²) in [7, 11) is 0. The Morgan fingerprint density at radius 1 is 1.37 bits per heavy atom. The molecule has 0 saturated heterocycles. The summed E-state index contributed by atoms with van der Waals surface area (Å²) in [5.74, 6) is 0.922. The van der Waals surface area contributed by atoms with E-state index in [1.54, 1.807) is 0 Å². The van der Waals surface area contributed by atoms with Crippen LogP contribution in [0.15, 0.2) is 35.5 Å². The van der Waals surface area contributed by atoms with Gasteiger partial charge in [0.25, 0.3) is 5.91 Å². The Morgan fingerprint density at radius 2 is 2.11 bits per heavy atom. The number of benzene rings is 1. The number of aryl methyl sites for hydroxylation is 1. The number of nitrogens with zero attached hydrogens (tertiary/aromatic N) is 1. The summed E-state index contributed by atoms with van der Waals surface area (Å²) in [5.41, 5.74) is 1.99. The minimum Gasteiger partial charge on any atom is -0.348 e. The van der Waals surface area contributed by atoms with Crippen molar-refractivity contribution in [2.75, 3.05) is 11.1 Å². The largest absolute Gasteiger partial charge is 0.348 e. The van der Waals surface area contributed by atoms with Crippen molar-refractivity contribution in [2.24, 2.45) is 0 Å². The number of hydrogen-bond donors (Lipinski definition) is 2. The normalized spacial score (nSPS) is 10.4. The summed E-state index contributed by atoms with van der Waals surface area (Å²) < 4.78 is 0. The van der Waals surface area contributed by atoms with Crippen LogP contribution < -0.4 is 5.32 Å². The lowest BCUT2D eigenvalue weighted by Gasteiger charge is -2.05. The molecule has 2 N–H and O–H groups in total. The van der Waals surface area contributed by atoms with Crippen LogP contribution in [0.2, 0.25) is 0 Å². The fourth-order valence-electron chi connectivity index (χ4n) is 1.63. The molecule has 0 aliphatic carbocycles. The minimum atomic E-state index is -0.187. The molecular formula is C14H17N3OS. The zero-order valence-corrected chi connectivity index (χ0v) is 11.9. The Labute approximate surface area is 117 Å². The van der Waals surface area contributed by atoms with E-state index in [-0.39, 0.29) is 5.91 Å². The molecule has 0 spiro atoms. The molecule has 0 radical (unpaired) electrons. The van der Waals surface area contributed by atoms with E-state index in [0.717, 1.165) is 23.6 Å². The van der Waals surface area contributed by atoms with Crippen LogP contribution >= 0.6 is 11.8 Å². The third-order valence-corrected chi connectivity index (χ3v) is 3.85. The third-order valence-electron chi connectivity index (χ3n) is 2.63. The van der Waals surface area contributed by atoms with Crippen molar-refractivity contribution >= 4 is 23.4 Å². The van der Waals surface area contributed by atoms with Gasteiger partial charge in [-0.1, -0.05) is 6.92 Å². The van der Waals surface area contributed by atoms with Gasteiger partial charge in [-0.05, 0) is 43.4 Å². The van der Waals surface area contributed by atoms with Crippen molar-refractivity contribution in [1.29, 1.82) is 0 Å². The number of carbonyl (C=O) groups excluding carboxylic acids is 1. The molecule has 2 rings (SSSR count). The van der Waals surface area contributed by atoms with Crippen molar-refractivity contribution in [1.82, 2.24) is 9.97 Å². The van der Waals surface area contributed by atoms with Crippen molar-refractivity contribution in [3.8, 4) is 0 Å². The second-order valence-corrected chi connectivity index (χ2v) is 5.37. The van der Waals surface area contributed by atoms with Gasteiger partial charge in [-0.2, -0.15) is 0 Å². The minimum absolute atomic E-state index is 0.187. The number of rotatable bonds is 5. The predicted molar refractivity (Wildman–Crippen MR) is 78.7 cm³/mol. The average Bonchev–Trinajstić information content (AvgIpc) is 2.84. The second-order valence-electron chi connectivity index (χ2n) is 4.20. The molecule has 0 fully saturated rings. The number of aromatic amines is 1. The molecule has 1 aromatic carbocycles. The summed E-state index contributed by atoms with van der Waals surface area (Å²) >= 11 is 1.82. The smallest absolute Gasteiger partial charge is 0.276 e. The van der Waals surface area contributed by atoms with Gasteiger partial charge in [-0.3, -0.25) is 4.79 Å². The average molecular weight is 275 g/mol. The Kier molecular flexibility index (Phi) is 4.63. The maximum absolute atomic E-state index is 12.0. The Balaban J connectivity index is 2.00. The molecule has 1 amide bonds. The molecule has 1 heterocycles. The number of hydrogen-bond acceptors (Lipinski definition) is 3. The zero-order valence-electron chi connectivity index (χ0n) is 11.1. The number of carbonyl (C=O) groups is 1. The van der Waals surface area contributed by atoms with E-state index in [9.17, 15) is 4.79 Å². The van der Waals surface area contributed by atoms with Crippen molar-refractivity contribution in [2.45, 2.75) is 25.2 Å². The van der Waals surface area contributed by atoms with Gasteiger partial charge in [0.05, 0.1) is 6.33 Å². The van der Waals surface area contributed by atoms with E-state index in [1.165, 1.54) is 11.2 Å². The van der Waals surface area contributed by atoms with Gasteiger partial charge in [0.1, 0.15) is 5.69 Å². The molecule has 0 unspecified atom stereocenters. The highest BCUT2D eigenvalue weighted by Gasteiger charge is 2.11. The first-order valence-corrected chi connectivity index (χ1v) is 7.23. The fraction of sp³-hybridized carbons (Fsp3) is 0.286. The highest BCUT2D eigenvalue weighted by atomic mass is 32.2. The van der Waals surface area contributed by atoms with Gasteiger partial charge in [0.15, 0.2) is 0 Å². The van der Waals surface area contributed by atoms with E-state index in [2.05, 4.69) is 22.2 Å². The lowest BCUT2D eigenvalue weighted by molar-refractivity contribution is 0.102. The maximum atomic E-state index is 12.0. The summed E-state index contributed by atoms with van der Waals surface area (Å²) in [5, 5.41) is 2.84. The molecule has 0 bridgehead atoms. The van der Waals surface area contributed by atoms with Crippen LogP contribution in [0.3, 0.4) is 0 Å². The standard InChI is InChI=1S/C14H17N3OS/c1-3-8-19-12-6-4-11(5-7-12)17-14(18)13-10(2)15-9-16-13/h4-7,9H,3,8H2,1-2H3,(H,15,16)(H,17,18). The number of amides is 1. The fourth-order valence-corrected chi connectivity index (χ4v) is 2.40. The summed E-state index contributed by atoms with van der Waals surface area (Å²) in [6.45, 7) is 3.99. The van der Waals surface area contributed by atoms with Crippen LogP contribution in [0.4, 0.5) is 5.69 Å². The topological polar surface area (TPSA) is 57.8 Å². The first-order chi connectivity index (χ1) is 9.20. The molecular weight excluding hydrogens is 258 g/mol. The molecule has 0 aliphatic rings. The molecule has 5 heteroatoms. The number of thioether (sulfide) groups is 1. The summed E-state index contributed by atoms with van der Waals surface area (Å²) in [6.07, 6.45) is 2.68. The molecule has 1 aromatic heterocycles. The first-order valence-electron chi connectivity index (χ1n) is 6.25. The van der Waals surface area contributed by atoms with E-state index in [1.807, 2.05) is 43.0 Å². The number of anilines is 1. The molecule has 0 aliphatic heterocycles. The van der Waals surface area contributed by atoms with Gasteiger partial charge >= 0.3 is 0 Å². The number of aromatic nitrogens is 2. The highest BCUT2D eigenvalue weighted by Crippen LogP contribution is 2.21. The number of nitrogens with one attached hydrogen (secondary N) is 2. The molecule has 100 valence electrons. The molecule has 0 saturated carbocycles. The third kappa shape index (κ3) is 3.61. The van der Waals surface area contributed by atoms with E-state index in [4.69, 9.17) is 0 Å². The van der Waals surface area contributed by atoms with E-state index in [0.29, 0.717) is 5.69 Å². The van der Waals surface area contributed by atoms with Crippen LogP contribution in [-0.4, -0.2) is 21.6 Å². The number of imidazole rings is 1. The Bertz CT molecular complexity index is 548. The Morgan fingerprint density at radius 3 is 2.68 bits per heavy atom. The first kappa shape index (κ1) is 13.7. The molecule has 4 nitrogen and oxygen atoms in total. The van der Waals surface area contributed by atoms with Crippen molar-refractivity contribution < 1.29 is 4.79 Å². The molecule has 19 heavy (non-hydrogen) atoms. The number of H-pyrrole nitrogens is 1. The maximum Gasteiger partial charge on any atom is 0.276 e. The monoisotopic (exact) mass is 275 g/mol. The van der Waals surface area contributed by atoms with Gasteiger partial charge in [-0.15, -0.1) is 11.8 Å². The lowest BCUT2D eigenvalue weighted by Crippen LogP contribution is -2.13. The quantitative estimate of drug-likeness (QED) is 0.821. The van der Waals surface area contributed by atoms with E-state index >= 15 is 0 Å². The highest BCUT2D eigenvalue weighted by molar-refractivity contribution is 7.99. The zero-order chi connectivity index (χ0) is 13.7. The van der Waals surface area contributed by atoms with Crippen LogP contribution in [0.1, 0.15) is 29.5 Å². The van der Waals surface area contributed by atoms with Gasteiger partial charge < -0.3 is 10.3 Å². The van der Waals surface area contributed by atoms with Crippen LogP contribution in [-0.2, 0) is 0 Å². The van der Waals surface area contributed by atoms with Crippen molar-refractivity contribution in [3.05, 3.63) is 42.0 Å². The van der Waals surface area contributed by atoms with E-state index < -0.39 is 0 Å². The lowest BCUT2D eigenvalue weighted by atomic mass is 10.3. The SMILES string of the molecule is CCCSc1ccc(NC(=O)c2nc[nH]c2C)cc1. The summed E-state index contributed by atoms with van der Waals surface area (Å²) in [6, 6.07) is 7.87. The predicted octanol–water partition coefficient (Wildman–Crippen LogP) is 3.47. The van der Waals surface area contributed by atoms with Crippen LogP contribution in [0.25, 0.3) is 0 Å². The van der Waals surface area contributed by atoms with Gasteiger partial charge in [-0.25, -0.2) is 4.98 Å². The Hall–Kier alpha value is -1.75. The van der Waals surface area contributed by atoms with Gasteiger partial charge in [0.2, 0.25) is 0 Å². The molecule has 2 aromatic rings. The van der Waals surface area contributed by atoms with Crippen molar-refractivity contribution in [3.63, 3.8) is 0 Å². The van der Waals surface area contributed by atoms with Gasteiger partial charge in [0, 0.05) is 16.3 Å². The molecule has 0 atom stereocenters. The second kappa shape index (κ2) is 6.43. The van der Waals surface area contributed by atoms with Crippen LogP contribution in [0, 0.1) is 6.92 Å².